The molecule has 7 aromatic carbocycles. The van der Waals surface area contributed by atoms with Crippen LogP contribution in [0.2, 0.25) is 0 Å². The van der Waals surface area contributed by atoms with Gasteiger partial charge in [-0.2, -0.15) is 10.5 Å². The Balaban J connectivity index is 0.870. The fourth-order valence-corrected chi connectivity index (χ4v) is 11.2. The summed E-state index contributed by atoms with van der Waals surface area (Å²) in [7, 11) is 0. The van der Waals surface area contributed by atoms with Gasteiger partial charge in [0.15, 0.2) is 0 Å². The van der Waals surface area contributed by atoms with E-state index in [1.54, 1.807) is 12.1 Å². The average molecular weight is 1020 g/mol. The number of anilines is 3. The van der Waals surface area contributed by atoms with E-state index in [1.165, 1.54) is 57.1 Å². The number of nitriles is 2. The fourth-order valence-electron chi connectivity index (χ4n) is 9.31. The van der Waals surface area contributed by atoms with Crippen LogP contribution >= 0.6 is 22.7 Å². The number of carboxylic acids is 2. The highest BCUT2D eigenvalue weighted by Crippen LogP contribution is 2.49. The summed E-state index contributed by atoms with van der Waals surface area (Å²) >= 11 is 2.87. The Labute approximate surface area is 449 Å². The lowest BCUT2D eigenvalue weighted by atomic mass is 9.82. The summed E-state index contributed by atoms with van der Waals surface area (Å²) in [6, 6.07) is 68.5. The Bertz CT molecular complexity index is 3720. The molecule has 0 atom stereocenters. The van der Waals surface area contributed by atoms with Crippen molar-refractivity contribution in [1.29, 1.82) is 10.5 Å². The number of carboxylic acid groups (broad SMARTS) is 2. The van der Waals surface area contributed by atoms with Crippen LogP contribution in [0.5, 0.6) is 0 Å². The zero-order valence-electron chi connectivity index (χ0n) is 41.4. The van der Waals surface area contributed by atoms with E-state index in [-0.39, 0.29) is 16.6 Å². The van der Waals surface area contributed by atoms with Crippen molar-refractivity contribution in [2.45, 2.75) is 19.3 Å². The molecule has 0 saturated heterocycles. The van der Waals surface area contributed by atoms with E-state index in [0.29, 0.717) is 9.75 Å². The van der Waals surface area contributed by atoms with Gasteiger partial charge in [-0.1, -0.05) is 178 Å². The first kappa shape index (κ1) is 49.9. The Morgan fingerprint density at radius 1 is 0.447 bits per heavy atom. The molecule has 0 aliphatic heterocycles. The molecular weight excluding hydrogens is 975 g/mol. The van der Waals surface area contributed by atoms with Crippen LogP contribution in [0.25, 0.3) is 80.6 Å². The fraction of sp³-hybridized carbons (Fsp3) is 0.0448. The first-order valence-corrected chi connectivity index (χ1v) is 26.1. The molecule has 2 N–H and O–H groups in total. The first-order chi connectivity index (χ1) is 36.9. The summed E-state index contributed by atoms with van der Waals surface area (Å²) in [5, 5.41) is 36.8. The highest BCUT2D eigenvalue weighted by molar-refractivity contribution is 7.16. The summed E-state index contributed by atoms with van der Waals surface area (Å²) in [4.78, 5) is 28.3. The Morgan fingerprint density at radius 3 is 1.20 bits per heavy atom. The number of thiophene rings is 2. The van der Waals surface area contributed by atoms with Crippen LogP contribution < -0.4 is 4.90 Å². The number of carbonyl (C=O) groups is 2. The second kappa shape index (κ2) is 21.8. The van der Waals surface area contributed by atoms with Crippen LogP contribution in [0.1, 0.15) is 68.1 Å². The van der Waals surface area contributed by atoms with Crippen LogP contribution in [-0.4, -0.2) is 22.2 Å². The molecule has 76 heavy (non-hydrogen) atoms. The predicted molar refractivity (Wildman–Crippen MR) is 314 cm³/mol. The van der Waals surface area contributed by atoms with Gasteiger partial charge in [-0.25, -0.2) is 9.59 Å². The van der Waals surface area contributed by atoms with E-state index < -0.39 is 11.9 Å². The van der Waals surface area contributed by atoms with Crippen molar-refractivity contribution in [3.63, 3.8) is 0 Å². The third-order valence-corrected chi connectivity index (χ3v) is 15.5. The Morgan fingerprint density at radius 2 is 0.803 bits per heavy atom. The summed E-state index contributed by atoms with van der Waals surface area (Å²) in [6.07, 6.45) is 15.5. The molecule has 1 aliphatic carbocycles. The van der Waals surface area contributed by atoms with Crippen LogP contribution in [0, 0.1) is 22.7 Å². The number of benzene rings is 7. The van der Waals surface area contributed by atoms with Gasteiger partial charge in [0.05, 0.1) is 0 Å². The number of hydrogen-bond acceptors (Lipinski definition) is 7. The van der Waals surface area contributed by atoms with E-state index in [2.05, 4.69) is 195 Å². The molecule has 0 amide bonds. The molecule has 0 radical (unpaired) electrons. The minimum absolute atomic E-state index is 0.0627. The molecule has 0 spiro atoms. The monoisotopic (exact) mass is 1020 g/mol. The van der Waals surface area contributed by atoms with E-state index >= 15 is 0 Å². The van der Waals surface area contributed by atoms with E-state index in [1.807, 2.05) is 48.5 Å². The lowest BCUT2D eigenvalue weighted by Gasteiger charge is -2.26. The summed E-state index contributed by atoms with van der Waals surface area (Å²) in [6.45, 7) is 4.61. The molecular formula is C67H47N3O4S2. The van der Waals surface area contributed by atoms with Gasteiger partial charge in [0, 0.05) is 42.0 Å². The summed E-state index contributed by atoms with van der Waals surface area (Å²) in [5.74, 6) is -2.48. The summed E-state index contributed by atoms with van der Waals surface area (Å²) < 4.78 is 0. The molecule has 0 saturated carbocycles. The molecule has 366 valence electrons. The van der Waals surface area contributed by atoms with Crippen molar-refractivity contribution in [2.24, 2.45) is 0 Å². The molecule has 2 aromatic heterocycles. The van der Waals surface area contributed by atoms with E-state index in [4.69, 9.17) is 10.5 Å². The maximum atomic E-state index is 11.3. The van der Waals surface area contributed by atoms with Crippen molar-refractivity contribution >= 4 is 100 Å². The molecule has 10 rings (SSSR count). The average Bonchev–Trinajstić information content (AvgIpc) is 4.20. The topological polar surface area (TPSA) is 125 Å². The van der Waals surface area contributed by atoms with Crippen LogP contribution in [0.3, 0.4) is 0 Å². The third-order valence-electron chi connectivity index (χ3n) is 13.4. The van der Waals surface area contributed by atoms with Gasteiger partial charge in [-0.05, 0) is 140 Å². The highest BCUT2D eigenvalue weighted by atomic mass is 32.1. The van der Waals surface area contributed by atoms with Crippen molar-refractivity contribution in [3.05, 3.63) is 253 Å². The summed E-state index contributed by atoms with van der Waals surface area (Å²) in [5.41, 5.74) is 16.2. The smallest absolute Gasteiger partial charge is 0.346 e. The van der Waals surface area contributed by atoms with Crippen LogP contribution in [0.4, 0.5) is 17.1 Å². The standard InChI is InChI=1S/C67H47N3O4S2/c1-67(2)61-6-4-3-5-59(61)60-36-23-49(39-62(60)67)12-11-48-21-32-56(33-22-48)70(54-28-17-46(18-29-54)9-7-44-13-24-50(25-14-44)63-37-34-57(75-63)40-52(42-68)65(71)72)55-30-19-47(20-31-55)10-8-45-15-26-51(27-16-45)64-38-35-58(76-64)41-53(43-69)66(73)74/h3-41H,1-2H3,(H,71,72)(H,73,74)/b9-7+,10-8+,12-11+,52-40-,53-41-. The number of rotatable bonds is 15. The number of nitrogens with zero attached hydrogens (tertiary/aromatic N) is 3. The van der Waals surface area contributed by atoms with Gasteiger partial charge in [0.25, 0.3) is 0 Å². The zero-order chi connectivity index (χ0) is 52.8. The van der Waals surface area contributed by atoms with E-state index in [0.717, 1.165) is 71.3 Å². The van der Waals surface area contributed by atoms with Gasteiger partial charge in [0.2, 0.25) is 0 Å². The van der Waals surface area contributed by atoms with Crippen molar-refractivity contribution in [3.8, 4) is 44.1 Å². The Kier molecular flexibility index (Phi) is 14.3. The molecule has 0 bridgehead atoms. The molecule has 1 aliphatic rings. The van der Waals surface area contributed by atoms with Gasteiger partial charge in [-0.15, -0.1) is 22.7 Å². The van der Waals surface area contributed by atoms with E-state index in [9.17, 15) is 19.8 Å². The van der Waals surface area contributed by atoms with Gasteiger partial charge in [-0.3, -0.25) is 0 Å². The first-order valence-electron chi connectivity index (χ1n) is 24.4. The highest BCUT2D eigenvalue weighted by Gasteiger charge is 2.35. The van der Waals surface area contributed by atoms with Gasteiger partial charge < -0.3 is 15.1 Å². The SMILES string of the molecule is CC1(C)c2ccccc2-c2ccc(/C=C/c3ccc(N(c4ccc(/C=C/c5ccc(-c6ccc(/C=C(/C#N)C(=O)O)s6)cc5)cc4)c4ccc(/C=C/c5ccc(-c6ccc(/C=C(/C#N)C(=O)O)s6)cc5)cc4)cc3)cc21. The zero-order valence-corrected chi connectivity index (χ0v) is 43.0. The predicted octanol–water partition coefficient (Wildman–Crippen LogP) is 17.4. The minimum atomic E-state index is -1.24. The third kappa shape index (κ3) is 11.0. The lowest BCUT2D eigenvalue weighted by Crippen LogP contribution is -2.14. The molecule has 0 fully saturated rings. The van der Waals surface area contributed by atoms with Crippen LogP contribution in [-0.2, 0) is 15.0 Å². The molecule has 0 unspecified atom stereocenters. The van der Waals surface area contributed by atoms with Crippen molar-refractivity contribution in [2.75, 3.05) is 4.90 Å². The minimum Gasteiger partial charge on any atom is -0.477 e. The molecule has 9 aromatic rings. The number of aliphatic carboxylic acids is 2. The second-order valence-corrected chi connectivity index (χ2v) is 20.9. The lowest BCUT2D eigenvalue weighted by molar-refractivity contribution is -0.133. The molecule has 2 heterocycles. The molecule has 7 nitrogen and oxygen atoms in total. The maximum Gasteiger partial charge on any atom is 0.346 e. The van der Waals surface area contributed by atoms with Gasteiger partial charge in [0.1, 0.15) is 23.3 Å². The second-order valence-electron chi connectivity index (χ2n) is 18.7. The number of hydrogen-bond donors (Lipinski definition) is 2. The van der Waals surface area contributed by atoms with Crippen molar-refractivity contribution in [1.82, 2.24) is 0 Å². The largest absolute Gasteiger partial charge is 0.477 e. The van der Waals surface area contributed by atoms with Crippen molar-refractivity contribution < 1.29 is 19.8 Å². The van der Waals surface area contributed by atoms with Gasteiger partial charge >= 0.3 is 11.9 Å². The Hall–Kier alpha value is -9.64. The molecule has 9 heteroatoms. The quantitative estimate of drug-likeness (QED) is 0.0595. The number of fused-ring (bicyclic) bond motifs is 3. The van der Waals surface area contributed by atoms with Crippen LogP contribution in [0.15, 0.2) is 199 Å². The maximum absolute atomic E-state index is 11.3. The normalized spacial score (nSPS) is 12.9.